The van der Waals surface area contributed by atoms with Gasteiger partial charge in [-0.25, -0.2) is 0 Å². The Hall–Kier alpha value is -1.86. The van der Waals surface area contributed by atoms with E-state index in [0.717, 1.165) is 58.1 Å². The zero-order valence-electron chi connectivity index (χ0n) is 18.4. The Kier molecular flexibility index (Phi) is 6.48. The fourth-order valence-corrected chi connectivity index (χ4v) is 5.93. The van der Waals surface area contributed by atoms with Crippen LogP contribution in [-0.4, -0.2) is 84.3 Å². The van der Waals surface area contributed by atoms with Crippen LogP contribution in [0.3, 0.4) is 0 Å². The van der Waals surface area contributed by atoms with E-state index >= 15 is 0 Å². The molecule has 1 saturated carbocycles. The van der Waals surface area contributed by atoms with Crippen molar-refractivity contribution in [3.8, 4) is 0 Å². The lowest BCUT2D eigenvalue weighted by atomic mass is 9.79. The Bertz CT molecular complexity index is 809. The van der Waals surface area contributed by atoms with Crippen molar-refractivity contribution < 1.29 is 9.53 Å². The van der Waals surface area contributed by atoms with E-state index in [2.05, 4.69) is 58.1 Å². The number of rotatable bonds is 5. The van der Waals surface area contributed by atoms with E-state index in [1.165, 1.54) is 17.6 Å². The zero-order valence-corrected chi connectivity index (χ0v) is 19.2. The molecule has 7 heteroatoms. The number of guanidine groups is 1. The average molecular weight is 431 g/mol. The number of esters is 1. The summed E-state index contributed by atoms with van der Waals surface area (Å²) in [6.07, 6.45) is 1.88. The Balaban J connectivity index is 1.32. The van der Waals surface area contributed by atoms with E-state index in [-0.39, 0.29) is 22.6 Å². The van der Waals surface area contributed by atoms with Crippen molar-refractivity contribution in [2.45, 2.75) is 43.5 Å². The van der Waals surface area contributed by atoms with Crippen LogP contribution < -0.4 is 0 Å². The maximum absolute atomic E-state index is 11.6. The molecule has 0 radical (unpaired) electrons. The molecule has 0 amide bonds. The lowest BCUT2D eigenvalue weighted by molar-refractivity contribution is -0.151. The first kappa shape index (κ1) is 21.4. The molecule has 1 aromatic rings. The number of hydrogen-bond donors (Lipinski definition) is 0. The molecule has 0 bridgehead atoms. The van der Waals surface area contributed by atoms with Crippen LogP contribution >= 0.6 is 10.7 Å². The van der Waals surface area contributed by atoms with Gasteiger partial charge in [0.2, 0.25) is 5.96 Å². The third-order valence-corrected chi connectivity index (χ3v) is 8.32. The van der Waals surface area contributed by atoms with E-state index in [1.807, 2.05) is 0 Å². The van der Waals surface area contributed by atoms with Gasteiger partial charge in [-0.2, -0.15) is 0 Å². The molecule has 2 heterocycles. The van der Waals surface area contributed by atoms with Crippen molar-refractivity contribution in [2.75, 3.05) is 46.4 Å². The van der Waals surface area contributed by atoms with Gasteiger partial charge in [0.05, 0.1) is 26.1 Å². The molecule has 4 rings (SSSR count). The number of hydrogen-bond acceptors (Lipinski definition) is 6. The van der Waals surface area contributed by atoms with Crippen molar-refractivity contribution >= 4 is 28.5 Å². The summed E-state index contributed by atoms with van der Waals surface area (Å²) in [6, 6.07) is 9.45. The number of carbonyl (C=O) groups excluding carboxylic acids is 1. The van der Waals surface area contributed by atoms with Crippen LogP contribution in [0, 0.1) is 5.92 Å². The summed E-state index contributed by atoms with van der Waals surface area (Å²) in [7, 11) is 1.25. The predicted molar refractivity (Wildman–Crippen MR) is 124 cm³/mol. The van der Waals surface area contributed by atoms with E-state index < -0.39 is 0 Å². The largest absolute Gasteiger partial charge is 0.469 e. The summed E-state index contributed by atoms with van der Waals surface area (Å²) in [5.41, 5.74) is 1.37. The smallest absolute Gasteiger partial charge is 0.308 e. The summed E-state index contributed by atoms with van der Waals surface area (Å²) in [4.78, 5) is 22.7. The molecule has 0 aromatic heterocycles. The predicted octanol–water partition coefficient (Wildman–Crippen LogP) is 3.03. The highest BCUT2D eigenvalue weighted by atomic mass is 32.2. The molecule has 6 nitrogen and oxygen atoms in total. The maximum atomic E-state index is 11.6. The van der Waals surface area contributed by atoms with Crippen LogP contribution in [-0.2, 0) is 9.53 Å². The monoisotopic (exact) mass is 430 g/mol. The molecule has 0 spiro atoms. The van der Waals surface area contributed by atoms with Gasteiger partial charge < -0.3 is 9.64 Å². The number of carbonyl (C=O) groups is 1. The normalized spacial score (nSPS) is 25.8. The summed E-state index contributed by atoms with van der Waals surface area (Å²) in [6.45, 7) is 10.3. The first-order valence-corrected chi connectivity index (χ1v) is 12.4. The topological polar surface area (TPSA) is 48.4 Å². The highest BCUT2D eigenvalue weighted by molar-refractivity contribution is 8.12. The van der Waals surface area contributed by atoms with Crippen molar-refractivity contribution in [1.82, 2.24) is 14.1 Å². The van der Waals surface area contributed by atoms with E-state index in [4.69, 9.17) is 9.73 Å². The summed E-state index contributed by atoms with van der Waals surface area (Å²) in [5, 5.41) is 0. The molecule has 30 heavy (non-hydrogen) atoms. The molecular weight excluding hydrogens is 396 g/mol. The second kappa shape index (κ2) is 9.10. The summed E-state index contributed by atoms with van der Waals surface area (Å²) >= 11 is 0. The van der Waals surface area contributed by atoms with E-state index in [1.54, 1.807) is 0 Å². The van der Waals surface area contributed by atoms with Gasteiger partial charge in [0.15, 0.2) is 0 Å². The summed E-state index contributed by atoms with van der Waals surface area (Å²) < 4.78 is 7.26. The number of ether oxygens (including phenoxy) is 1. The molecule has 1 aromatic carbocycles. The van der Waals surface area contributed by atoms with Crippen LogP contribution in [0.5, 0.6) is 0 Å². The van der Waals surface area contributed by atoms with Crippen molar-refractivity contribution in [2.24, 2.45) is 10.9 Å². The quantitative estimate of drug-likeness (QED) is 0.531. The highest BCUT2D eigenvalue weighted by Crippen LogP contribution is 2.35. The number of methoxy groups -OCH3 is 1. The molecule has 1 unspecified atom stereocenters. The lowest BCUT2D eigenvalue weighted by Gasteiger charge is -2.46. The van der Waals surface area contributed by atoms with Crippen LogP contribution in [0.15, 0.2) is 34.2 Å². The Morgan fingerprint density at radius 1 is 1.13 bits per heavy atom. The van der Waals surface area contributed by atoms with Gasteiger partial charge >= 0.3 is 5.97 Å². The molecule has 164 valence electrons. The zero-order chi connectivity index (χ0) is 21.3. The van der Waals surface area contributed by atoms with Crippen LogP contribution in [0.2, 0.25) is 0 Å². The Morgan fingerprint density at radius 3 is 2.40 bits per heavy atom. The summed E-state index contributed by atoms with van der Waals surface area (Å²) in [5.74, 6) is 6.21. The second-order valence-electron chi connectivity index (χ2n) is 8.74. The Morgan fingerprint density at radius 2 is 1.80 bits per heavy atom. The van der Waals surface area contributed by atoms with Gasteiger partial charge in [0, 0.05) is 37.1 Å². The van der Waals surface area contributed by atoms with E-state index in [0.29, 0.717) is 12.0 Å². The van der Waals surface area contributed by atoms with Gasteiger partial charge in [-0.3, -0.25) is 19.0 Å². The number of piperazine rings is 1. The first-order chi connectivity index (χ1) is 14.5. The molecule has 1 aliphatic carbocycles. The van der Waals surface area contributed by atoms with Crippen LogP contribution in [0.25, 0.3) is 0 Å². The standard InChI is InChI=1S/C23H34N4O2S/c1-17(2)18-5-7-21(8-6-18)30(4)27-10-9-24-23(27)26-13-11-25(12-14-26)20-15-19(16-20)22(28)29-3/h5-8,17,19-20H,4,9-16H2,1-3H3. The first-order valence-electron chi connectivity index (χ1n) is 11.0. The fraction of sp³-hybridized carbons (Fsp3) is 0.609. The van der Waals surface area contributed by atoms with Gasteiger partial charge in [-0.15, -0.1) is 0 Å². The van der Waals surface area contributed by atoms with E-state index in [9.17, 15) is 4.79 Å². The number of benzene rings is 1. The fourth-order valence-electron chi connectivity index (χ4n) is 4.56. The number of aliphatic imine (C=N–C) groups is 1. The molecular formula is C23H34N4O2S. The maximum Gasteiger partial charge on any atom is 0.308 e. The molecule has 1 atom stereocenters. The minimum absolute atomic E-state index is 0.0512. The minimum Gasteiger partial charge on any atom is -0.469 e. The van der Waals surface area contributed by atoms with Gasteiger partial charge in [-0.05, 0) is 36.5 Å². The van der Waals surface area contributed by atoms with Crippen molar-refractivity contribution in [3.05, 3.63) is 29.8 Å². The van der Waals surface area contributed by atoms with Crippen molar-refractivity contribution in [1.29, 1.82) is 0 Å². The second-order valence-corrected chi connectivity index (χ2v) is 10.4. The van der Waals surface area contributed by atoms with Crippen LogP contribution in [0.4, 0.5) is 0 Å². The third kappa shape index (κ3) is 4.28. The average Bonchev–Trinajstić information content (AvgIpc) is 3.22. The van der Waals surface area contributed by atoms with Gasteiger partial charge in [0.25, 0.3) is 0 Å². The molecule has 1 saturated heterocycles. The van der Waals surface area contributed by atoms with Crippen molar-refractivity contribution in [3.63, 3.8) is 0 Å². The van der Waals surface area contributed by atoms with Gasteiger partial charge in [0.1, 0.15) is 0 Å². The SMILES string of the molecule is C=S(c1ccc(C(C)C)cc1)N1CCN=C1N1CCN(C2CC(C(=O)OC)C2)CC1. The molecule has 3 aliphatic rings. The van der Waals surface area contributed by atoms with Gasteiger partial charge in [-0.1, -0.05) is 42.5 Å². The highest BCUT2D eigenvalue weighted by Gasteiger charge is 2.40. The third-order valence-electron chi connectivity index (χ3n) is 6.63. The molecule has 2 fully saturated rings. The van der Waals surface area contributed by atoms with Crippen LogP contribution in [0.1, 0.15) is 38.2 Å². The molecule has 2 aliphatic heterocycles. The molecule has 0 N–H and O–H groups in total. The Labute approximate surface area is 182 Å². The minimum atomic E-state index is -0.235. The number of nitrogens with zero attached hydrogens (tertiary/aromatic N) is 4. The lowest BCUT2D eigenvalue weighted by Crippen LogP contribution is -2.57.